The molecule has 0 unspecified atom stereocenters. The van der Waals surface area contributed by atoms with Crippen molar-refractivity contribution in [1.82, 2.24) is 24.9 Å². The molecule has 6 nitrogen and oxygen atoms in total. The van der Waals surface area contributed by atoms with Crippen molar-refractivity contribution in [3.8, 4) is 0 Å². The number of nitrogens with one attached hydrogen (secondary N) is 1. The Morgan fingerprint density at radius 1 is 1.19 bits per heavy atom. The molecule has 0 spiro atoms. The van der Waals surface area contributed by atoms with Crippen molar-refractivity contribution in [1.29, 1.82) is 0 Å². The van der Waals surface area contributed by atoms with Crippen LogP contribution < -0.4 is 0 Å². The van der Waals surface area contributed by atoms with E-state index in [1.54, 1.807) is 0 Å². The molecule has 6 heteroatoms. The number of aromatic amines is 1. The van der Waals surface area contributed by atoms with Gasteiger partial charge in [-0.1, -0.05) is 17.3 Å². The predicted molar refractivity (Wildman–Crippen MR) is 99.7 cm³/mol. The predicted octanol–water partition coefficient (Wildman–Crippen LogP) is 2.87. The maximum Gasteiger partial charge on any atom is 0.138 e. The third-order valence-corrected chi connectivity index (χ3v) is 6.07. The van der Waals surface area contributed by atoms with Crippen LogP contribution in [0.1, 0.15) is 29.3 Å². The van der Waals surface area contributed by atoms with Crippen LogP contribution in [0.4, 0.5) is 0 Å². The van der Waals surface area contributed by atoms with E-state index in [1.807, 2.05) is 19.9 Å². The van der Waals surface area contributed by atoms with Gasteiger partial charge in [-0.25, -0.2) is 4.98 Å². The number of para-hydroxylation sites is 2. The Kier molecular flexibility index (Phi) is 3.83. The average Bonchev–Trinajstić information content (AvgIpc) is 3.16. The van der Waals surface area contributed by atoms with Gasteiger partial charge >= 0.3 is 0 Å². The molecule has 3 aromatic rings. The molecule has 0 amide bonds. The van der Waals surface area contributed by atoms with Gasteiger partial charge in [0.15, 0.2) is 0 Å². The molecule has 4 heterocycles. The van der Waals surface area contributed by atoms with Gasteiger partial charge in [0.25, 0.3) is 0 Å². The van der Waals surface area contributed by atoms with E-state index in [-0.39, 0.29) is 0 Å². The minimum Gasteiger partial charge on any atom is -0.361 e. The number of benzene rings is 1. The van der Waals surface area contributed by atoms with Gasteiger partial charge in [-0.3, -0.25) is 9.80 Å². The number of imidazole rings is 1. The second kappa shape index (κ2) is 6.21. The zero-order valence-electron chi connectivity index (χ0n) is 15.4. The van der Waals surface area contributed by atoms with Crippen LogP contribution in [0.3, 0.4) is 0 Å². The zero-order valence-corrected chi connectivity index (χ0v) is 15.4. The summed E-state index contributed by atoms with van der Waals surface area (Å²) in [6.45, 7) is 9.43. The first kappa shape index (κ1) is 16.0. The van der Waals surface area contributed by atoms with E-state index in [4.69, 9.17) is 9.51 Å². The van der Waals surface area contributed by atoms with Crippen LogP contribution in [0.15, 0.2) is 28.8 Å². The molecule has 136 valence electrons. The number of nitrogens with zero attached hydrogens (tertiary/aromatic N) is 4. The molecule has 5 rings (SSSR count). The maximum atomic E-state index is 5.31. The van der Waals surface area contributed by atoms with Crippen molar-refractivity contribution in [2.24, 2.45) is 5.92 Å². The van der Waals surface area contributed by atoms with Gasteiger partial charge in [0, 0.05) is 37.8 Å². The Balaban J connectivity index is 1.20. The minimum absolute atomic E-state index is 0.704. The van der Waals surface area contributed by atoms with Gasteiger partial charge in [0.2, 0.25) is 0 Å². The van der Waals surface area contributed by atoms with Crippen LogP contribution in [0, 0.1) is 19.8 Å². The molecule has 0 saturated carbocycles. The number of rotatable bonds is 4. The number of aromatic nitrogens is 3. The van der Waals surface area contributed by atoms with Crippen molar-refractivity contribution in [3.63, 3.8) is 0 Å². The lowest BCUT2D eigenvalue weighted by Crippen LogP contribution is -2.62. The highest BCUT2D eigenvalue weighted by atomic mass is 16.5. The highest BCUT2D eigenvalue weighted by Gasteiger charge is 2.42. The molecule has 2 aliphatic rings. The molecule has 26 heavy (non-hydrogen) atoms. The monoisotopic (exact) mass is 351 g/mol. The second-order valence-electron chi connectivity index (χ2n) is 7.78. The standard InChI is InChI=1S/C20H25N5O/c1-13-16(14(2)26-23-13)11-25-10-15-9-24(8-7-19(15)25)12-20-21-17-5-3-4-6-18(17)22-20/h3-6,15,19H,7-12H2,1-2H3,(H,21,22)/t15-,19-/m0/s1. The molecule has 2 aliphatic heterocycles. The number of H-pyrrole nitrogens is 1. The summed E-state index contributed by atoms with van der Waals surface area (Å²) in [7, 11) is 0. The third-order valence-electron chi connectivity index (χ3n) is 6.07. The van der Waals surface area contributed by atoms with E-state index < -0.39 is 0 Å². The number of aryl methyl sites for hydroxylation is 2. The maximum absolute atomic E-state index is 5.31. The fourth-order valence-corrected chi connectivity index (χ4v) is 4.60. The Bertz CT molecular complexity index is 877. The Morgan fingerprint density at radius 2 is 2.08 bits per heavy atom. The van der Waals surface area contributed by atoms with Gasteiger partial charge in [0.1, 0.15) is 11.6 Å². The summed E-state index contributed by atoms with van der Waals surface area (Å²) in [5, 5.41) is 4.09. The van der Waals surface area contributed by atoms with Crippen LogP contribution in [0.5, 0.6) is 0 Å². The third kappa shape index (κ3) is 2.73. The van der Waals surface area contributed by atoms with E-state index in [0.29, 0.717) is 6.04 Å². The minimum atomic E-state index is 0.704. The molecule has 1 N–H and O–H groups in total. The van der Waals surface area contributed by atoms with Gasteiger partial charge in [-0.2, -0.15) is 0 Å². The summed E-state index contributed by atoms with van der Waals surface area (Å²) in [6, 6.07) is 8.96. The van der Waals surface area contributed by atoms with E-state index in [1.165, 1.54) is 25.1 Å². The summed E-state index contributed by atoms with van der Waals surface area (Å²) in [5.74, 6) is 2.82. The number of hydrogen-bond acceptors (Lipinski definition) is 5. The Labute approximate surface area is 153 Å². The number of hydrogen-bond donors (Lipinski definition) is 1. The van der Waals surface area contributed by atoms with Crippen LogP contribution >= 0.6 is 0 Å². The highest BCUT2D eigenvalue weighted by Crippen LogP contribution is 2.34. The van der Waals surface area contributed by atoms with Crippen molar-refractivity contribution in [2.45, 2.75) is 39.4 Å². The lowest BCUT2D eigenvalue weighted by molar-refractivity contribution is -0.0513. The van der Waals surface area contributed by atoms with E-state index in [2.05, 4.69) is 38.1 Å². The Hall–Kier alpha value is -2.18. The molecule has 0 bridgehead atoms. The normalized spacial score (nSPS) is 23.9. The molecular weight excluding hydrogens is 326 g/mol. The first-order chi connectivity index (χ1) is 12.7. The van der Waals surface area contributed by atoms with Crippen molar-refractivity contribution in [3.05, 3.63) is 47.1 Å². The Morgan fingerprint density at radius 3 is 2.85 bits per heavy atom. The lowest BCUT2D eigenvalue weighted by atomic mass is 9.82. The van der Waals surface area contributed by atoms with E-state index >= 15 is 0 Å². The molecular formula is C20H25N5O. The molecule has 0 radical (unpaired) electrons. The second-order valence-corrected chi connectivity index (χ2v) is 7.78. The molecule has 1 aromatic carbocycles. The van der Waals surface area contributed by atoms with Gasteiger partial charge in [0.05, 0.1) is 23.3 Å². The van der Waals surface area contributed by atoms with Gasteiger partial charge in [-0.05, 0) is 38.3 Å². The fourth-order valence-electron chi connectivity index (χ4n) is 4.60. The molecule has 2 saturated heterocycles. The van der Waals surface area contributed by atoms with Crippen molar-refractivity contribution < 1.29 is 4.52 Å². The SMILES string of the molecule is Cc1noc(C)c1CN1C[C@@H]2CN(Cc3nc4ccccc4[nH]3)CC[C@@H]21. The molecule has 2 fully saturated rings. The summed E-state index contributed by atoms with van der Waals surface area (Å²) < 4.78 is 5.31. The van der Waals surface area contributed by atoms with Crippen molar-refractivity contribution >= 4 is 11.0 Å². The van der Waals surface area contributed by atoms with Gasteiger partial charge < -0.3 is 9.51 Å². The van der Waals surface area contributed by atoms with Crippen LogP contribution in [-0.2, 0) is 13.1 Å². The summed E-state index contributed by atoms with van der Waals surface area (Å²) in [6.07, 6.45) is 1.23. The van der Waals surface area contributed by atoms with Crippen molar-refractivity contribution in [2.75, 3.05) is 19.6 Å². The molecule has 0 aliphatic carbocycles. The number of piperidine rings is 1. The molecule has 2 atom stereocenters. The average molecular weight is 351 g/mol. The number of likely N-dealkylation sites (tertiary alicyclic amines) is 2. The fraction of sp³-hybridized carbons (Fsp3) is 0.500. The van der Waals surface area contributed by atoms with E-state index in [9.17, 15) is 0 Å². The van der Waals surface area contributed by atoms with E-state index in [0.717, 1.165) is 53.9 Å². The highest BCUT2D eigenvalue weighted by molar-refractivity contribution is 5.74. The van der Waals surface area contributed by atoms with Crippen LogP contribution in [-0.4, -0.2) is 50.6 Å². The topological polar surface area (TPSA) is 61.2 Å². The zero-order chi connectivity index (χ0) is 17.7. The summed E-state index contributed by atoms with van der Waals surface area (Å²) in [5.41, 5.74) is 4.50. The number of fused-ring (bicyclic) bond motifs is 2. The first-order valence-corrected chi connectivity index (χ1v) is 9.49. The van der Waals surface area contributed by atoms with Crippen LogP contribution in [0.25, 0.3) is 11.0 Å². The molecule has 2 aromatic heterocycles. The lowest BCUT2D eigenvalue weighted by Gasteiger charge is -2.53. The summed E-state index contributed by atoms with van der Waals surface area (Å²) in [4.78, 5) is 13.3. The largest absolute Gasteiger partial charge is 0.361 e. The van der Waals surface area contributed by atoms with Crippen LogP contribution in [0.2, 0.25) is 0 Å². The summed E-state index contributed by atoms with van der Waals surface area (Å²) >= 11 is 0. The first-order valence-electron chi connectivity index (χ1n) is 9.49. The van der Waals surface area contributed by atoms with Gasteiger partial charge in [-0.15, -0.1) is 0 Å². The quantitative estimate of drug-likeness (QED) is 0.783. The smallest absolute Gasteiger partial charge is 0.138 e.